The van der Waals surface area contributed by atoms with Crippen molar-refractivity contribution >= 4 is 28.6 Å². The Morgan fingerprint density at radius 2 is 2.05 bits per heavy atom. The summed E-state index contributed by atoms with van der Waals surface area (Å²) < 4.78 is 67.2. The molecule has 1 heterocycles. The normalized spacial score (nSPS) is 11.8. The molecule has 0 aliphatic carbocycles. The summed E-state index contributed by atoms with van der Waals surface area (Å²) in [6, 6.07) is 0. The van der Waals surface area contributed by atoms with E-state index >= 15 is 0 Å². The number of ether oxygens (including phenoxy) is 1. The Morgan fingerprint density at radius 3 is 2.47 bits per heavy atom. The first kappa shape index (κ1) is 16.1. The summed E-state index contributed by atoms with van der Waals surface area (Å²) in [5.74, 6) is -0.773. The highest BCUT2D eigenvalue weighted by atomic mass is 127. The maximum Gasteiger partial charge on any atom is 0.418 e. The lowest BCUT2D eigenvalue weighted by Crippen LogP contribution is -2.16. The van der Waals surface area contributed by atoms with E-state index in [1.165, 1.54) is 22.6 Å². The third-order valence-corrected chi connectivity index (χ3v) is 3.40. The molecule has 0 aliphatic heterocycles. The van der Waals surface area contributed by atoms with Gasteiger partial charge in [-0.1, -0.05) is 0 Å². The summed E-state index contributed by atoms with van der Waals surface area (Å²) in [5.41, 5.74) is -2.83. The molecule has 0 radical (unpaired) electrons. The second-order valence-corrected chi connectivity index (χ2v) is 4.48. The van der Waals surface area contributed by atoms with E-state index < -0.39 is 36.1 Å². The number of methoxy groups -OCH3 is 1. The minimum absolute atomic E-state index is 0.171. The molecule has 0 atom stereocenters. The Balaban J connectivity index is 3.35. The second-order valence-electron chi connectivity index (χ2n) is 3.40. The molecular weight excluding hydrogens is 388 g/mol. The van der Waals surface area contributed by atoms with Gasteiger partial charge in [-0.25, -0.2) is 8.78 Å². The van der Waals surface area contributed by atoms with E-state index in [1.807, 2.05) is 0 Å². The number of hydrogen-bond donors (Lipinski definition) is 0. The Kier molecular flexibility index (Phi) is 5.04. The van der Waals surface area contributed by atoms with Crippen LogP contribution < -0.4 is 0 Å². The minimum atomic E-state index is -4.93. The van der Waals surface area contributed by atoms with Crippen LogP contribution in [-0.4, -0.2) is 18.1 Å². The zero-order chi connectivity index (χ0) is 14.8. The van der Waals surface area contributed by atoms with Gasteiger partial charge < -0.3 is 4.74 Å². The van der Waals surface area contributed by atoms with Crippen LogP contribution in [0.15, 0.2) is 6.20 Å². The Morgan fingerprint density at radius 1 is 1.47 bits per heavy atom. The molecule has 106 valence electrons. The first-order valence-electron chi connectivity index (χ1n) is 4.78. The topological polar surface area (TPSA) is 39.2 Å². The molecule has 0 bridgehead atoms. The number of carbonyl (C=O) groups excluding carboxylic acids is 1. The van der Waals surface area contributed by atoms with Crippen LogP contribution >= 0.6 is 22.6 Å². The molecule has 1 aromatic heterocycles. The van der Waals surface area contributed by atoms with E-state index in [-0.39, 0.29) is 9.26 Å². The van der Waals surface area contributed by atoms with Gasteiger partial charge in [-0.05, 0) is 22.6 Å². The fourth-order valence-electron chi connectivity index (χ4n) is 1.31. The number of alkyl halides is 5. The van der Waals surface area contributed by atoms with Gasteiger partial charge in [-0.15, -0.1) is 0 Å². The highest BCUT2D eigenvalue weighted by Gasteiger charge is 2.38. The van der Waals surface area contributed by atoms with Gasteiger partial charge in [0.05, 0.1) is 24.8 Å². The van der Waals surface area contributed by atoms with Gasteiger partial charge in [-0.2, -0.15) is 13.2 Å². The van der Waals surface area contributed by atoms with Gasteiger partial charge in [0, 0.05) is 15.3 Å². The fourth-order valence-corrected chi connectivity index (χ4v) is 2.17. The standard InChI is InChI=1S/C10H7F5INO2/c1-19-6(18)2-5-8(16)7(9(11)12)4(3-17-5)10(13,14)15/h3,9H,2H2,1H3. The van der Waals surface area contributed by atoms with Gasteiger partial charge in [0.25, 0.3) is 6.43 Å². The zero-order valence-electron chi connectivity index (χ0n) is 9.39. The van der Waals surface area contributed by atoms with Crippen LogP contribution in [-0.2, 0) is 22.1 Å². The van der Waals surface area contributed by atoms with Crippen LogP contribution in [0.3, 0.4) is 0 Å². The van der Waals surface area contributed by atoms with Crippen LogP contribution in [0, 0.1) is 3.57 Å². The Hall–Kier alpha value is -1.00. The average Bonchev–Trinajstić information content (AvgIpc) is 2.29. The maximum absolute atomic E-state index is 12.8. The molecule has 0 saturated carbocycles. The lowest BCUT2D eigenvalue weighted by Gasteiger charge is -2.15. The maximum atomic E-state index is 12.8. The molecule has 0 fully saturated rings. The summed E-state index contributed by atoms with van der Waals surface area (Å²) in [7, 11) is 1.08. The summed E-state index contributed by atoms with van der Waals surface area (Å²) in [5, 5.41) is 0. The van der Waals surface area contributed by atoms with Gasteiger partial charge in [0.2, 0.25) is 0 Å². The van der Waals surface area contributed by atoms with Crippen molar-refractivity contribution in [2.75, 3.05) is 7.11 Å². The molecule has 0 spiro atoms. The van der Waals surface area contributed by atoms with Crippen molar-refractivity contribution in [2.45, 2.75) is 19.0 Å². The Labute approximate surface area is 118 Å². The molecule has 1 aromatic rings. The van der Waals surface area contributed by atoms with Crippen molar-refractivity contribution in [3.63, 3.8) is 0 Å². The highest BCUT2D eigenvalue weighted by Crippen LogP contribution is 2.38. The van der Waals surface area contributed by atoms with Gasteiger partial charge >= 0.3 is 12.1 Å². The number of nitrogens with zero attached hydrogens (tertiary/aromatic N) is 1. The highest BCUT2D eigenvalue weighted by molar-refractivity contribution is 14.1. The molecule has 0 amide bonds. The molecule has 0 aliphatic rings. The number of esters is 1. The van der Waals surface area contributed by atoms with Crippen LogP contribution in [0.4, 0.5) is 22.0 Å². The largest absolute Gasteiger partial charge is 0.469 e. The molecule has 1 rings (SSSR count). The van der Waals surface area contributed by atoms with Crippen LogP contribution in [0.2, 0.25) is 0 Å². The van der Waals surface area contributed by atoms with Gasteiger partial charge in [0.15, 0.2) is 0 Å². The minimum Gasteiger partial charge on any atom is -0.469 e. The second kappa shape index (κ2) is 5.97. The van der Waals surface area contributed by atoms with E-state index in [9.17, 15) is 26.7 Å². The quantitative estimate of drug-likeness (QED) is 0.448. The van der Waals surface area contributed by atoms with E-state index in [2.05, 4.69) is 9.72 Å². The third-order valence-electron chi connectivity index (χ3n) is 2.19. The van der Waals surface area contributed by atoms with E-state index in [1.54, 1.807) is 0 Å². The lowest BCUT2D eigenvalue weighted by molar-refractivity contribution is -0.140. The van der Waals surface area contributed by atoms with Crippen molar-refractivity contribution in [1.29, 1.82) is 0 Å². The predicted octanol–water partition coefficient (Wildman–Crippen LogP) is 3.36. The van der Waals surface area contributed by atoms with Crippen molar-refractivity contribution in [1.82, 2.24) is 4.98 Å². The smallest absolute Gasteiger partial charge is 0.418 e. The number of pyridine rings is 1. The SMILES string of the molecule is COC(=O)Cc1ncc(C(F)(F)F)c(C(F)F)c1I. The molecule has 19 heavy (non-hydrogen) atoms. The molecular formula is C10H7F5INO2. The molecule has 3 nitrogen and oxygen atoms in total. The van der Waals surface area contributed by atoms with E-state index in [0.717, 1.165) is 7.11 Å². The van der Waals surface area contributed by atoms with E-state index in [0.29, 0.717) is 6.20 Å². The number of hydrogen-bond acceptors (Lipinski definition) is 3. The fraction of sp³-hybridized carbons (Fsp3) is 0.400. The van der Waals surface area contributed by atoms with Gasteiger partial charge in [0.1, 0.15) is 0 Å². The molecule has 0 saturated heterocycles. The van der Waals surface area contributed by atoms with Crippen LogP contribution in [0.5, 0.6) is 0 Å². The first-order chi connectivity index (χ1) is 8.68. The monoisotopic (exact) mass is 395 g/mol. The molecule has 0 unspecified atom stereocenters. The van der Waals surface area contributed by atoms with Crippen molar-refractivity contribution in [3.8, 4) is 0 Å². The van der Waals surface area contributed by atoms with Crippen molar-refractivity contribution < 1.29 is 31.5 Å². The van der Waals surface area contributed by atoms with Gasteiger partial charge in [-0.3, -0.25) is 9.78 Å². The summed E-state index contributed by atoms with van der Waals surface area (Å²) in [6.45, 7) is 0. The predicted molar refractivity (Wildman–Crippen MR) is 62.6 cm³/mol. The van der Waals surface area contributed by atoms with Crippen molar-refractivity contribution in [3.05, 3.63) is 26.6 Å². The molecule has 9 heteroatoms. The Bertz CT molecular complexity index is 490. The summed E-state index contributed by atoms with van der Waals surface area (Å²) in [6.07, 6.45) is -8.40. The zero-order valence-corrected chi connectivity index (χ0v) is 11.6. The molecule has 0 aromatic carbocycles. The van der Waals surface area contributed by atoms with Crippen LogP contribution in [0.1, 0.15) is 23.2 Å². The average molecular weight is 395 g/mol. The number of rotatable bonds is 3. The summed E-state index contributed by atoms with van der Waals surface area (Å²) >= 11 is 1.32. The summed E-state index contributed by atoms with van der Waals surface area (Å²) in [4.78, 5) is 14.4. The third kappa shape index (κ3) is 3.74. The van der Waals surface area contributed by atoms with Crippen LogP contribution in [0.25, 0.3) is 0 Å². The first-order valence-corrected chi connectivity index (χ1v) is 5.85. The number of aromatic nitrogens is 1. The molecule has 0 N–H and O–H groups in total. The number of carbonyl (C=O) groups is 1. The van der Waals surface area contributed by atoms with E-state index in [4.69, 9.17) is 0 Å². The lowest BCUT2D eigenvalue weighted by atomic mass is 10.1. The van der Waals surface area contributed by atoms with Crippen molar-refractivity contribution in [2.24, 2.45) is 0 Å². The number of halogens is 6.